The van der Waals surface area contributed by atoms with Crippen molar-refractivity contribution >= 4 is 0 Å². The predicted molar refractivity (Wildman–Crippen MR) is 88.3 cm³/mol. The van der Waals surface area contributed by atoms with Crippen molar-refractivity contribution in [1.82, 2.24) is 5.32 Å². The van der Waals surface area contributed by atoms with Gasteiger partial charge in [0.05, 0.1) is 6.07 Å². The van der Waals surface area contributed by atoms with Crippen molar-refractivity contribution in [3.8, 4) is 11.8 Å². The van der Waals surface area contributed by atoms with Gasteiger partial charge in [-0.3, -0.25) is 0 Å². The van der Waals surface area contributed by atoms with Crippen LogP contribution in [0.3, 0.4) is 0 Å². The minimum atomic E-state index is -0.248. The lowest BCUT2D eigenvalue weighted by Crippen LogP contribution is -2.14. The summed E-state index contributed by atoms with van der Waals surface area (Å²) in [7, 11) is 0. The second-order valence-electron chi connectivity index (χ2n) is 5.32. The predicted octanol–water partition coefficient (Wildman–Crippen LogP) is 4.19. The molecule has 0 saturated carbocycles. The lowest BCUT2D eigenvalue weighted by molar-refractivity contribution is 0.299. The minimum absolute atomic E-state index is 0.220. The average molecular weight is 312 g/mol. The Morgan fingerprint density at radius 2 is 1.96 bits per heavy atom. The molecule has 3 nitrogen and oxygen atoms in total. The molecule has 0 saturated heterocycles. The van der Waals surface area contributed by atoms with E-state index in [0.29, 0.717) is 12.0 Å². The van der Waals surface area contributed by atoms with Crippen molar-refractivity contribution in [2.24, 2.45) is 0 Å². The number of hydrogen-bond donors (Lipinski definition) is 1. The van der Waals surface area contributed by atoms with Crippen LogP contribution in [0.1, 0.15) is 30.4 Å². The van der Waals surface area contributed by atoms with E-state index in [1.165, 1.54) is 6.07 Å². The molecule has 0 aromatic heterocycles. The van der Waals surface area contributed by atoms with E-state index in [2.05, 4.69) is 11.4 Å². The number of nitriles is 1. The summed E-state index contributed by atoms with van der Waals surface area (Å²) in [6.45, 7) is 1.86. The summed E-state index contributed by atoms with van der Waals surface area (Å²) in [5.74, 6) is 0.486. The molecule has 0 fully saturated rings. The van der Waals surface area contributed by atoms with Gasteiger partial charge in [0, 0.05) is 18.5 Å². The summed E-state index contributed by atoms with van der Waals surface area (Å²) >= 11 is 0. The number of nitrogens with one attached hydrogen (secondary N) is 1. The van der Waals surface area contributed by atoms with Gasteiger partial charge in [0.25, 0.3) is 0 Å². The number of ether oxygens (including phenoxy) is 1. The van der Waals surface area contributed by atoms with Crippen LogP contribution in [0.15, 0.2) is 48.5 Å². The Kier molecular flexibility index (Phi) is 7.09. The fraction of sp³-hybridized carbons (Fsp3) is 0.316. The first-order chi connectivity index (χ1) is 11.3. The molecule has 0 unspecified atom stereocenters. The van der Waals surface area contributed by atoms with Crippen molar-refractivity contribution < 1.29 is 9.13 Å². The van der Waals surface area contributed by atoms with Crippen LogP contribution < -0.4 is 10.1 Å². The normalized spacial score (nSPS) is 10.3. The molecule has 23 heavy (non-hydrogen) atoms. The molecule has 2 rings (SSSR count). The fourth-order valence-corrected chi connectivity index (χ4v) is 2.21. The highest BCUT2D eigenvalue weighted by Crippen LogP contribution is 2.16. The van der Waals surface area contributed by atoms with Crippen LogP contribution in [-0.4, -0.2) is 6.54 Å². The molecule has 2 aromatic carbocycles. The molecule has 0 aliphatic carbocycles. The molecule has 0 bridgehead atoms. The van der Waals surface area contributed by atoms with Crippen molar-refractivity contribution in [3.63, 3.8) is 0 Å². The molecule has 0 atom stereocenters. The van der Waals surface area contributed by atoms with Gasteiger partial charge in [-0.2, -0.15) is 5.26 Å². The largest absolute Gasteiger partial charge is 0.489 e. The monoisotopic (exact) mass is 312 g/mol. The Balaban J connectivity index is 1.78. The van der Waals surface area contributed by atoms with Crippen LogP contribution >= 0.6 is 0 Å². The van der Waals surface area contributed by atoms with Gasteiger partial charge in [0.15, 0.2) is 0 Å². The smallest absolute Gasteiger partial charge is 0.129 e. The maximum atomic E-state index is 13.6. The summed E-state index contributed by atoms with van der Waals surface area (Å²) in [6, 6.07) is 16.6. The maximum absolute atomic E-state index is 13.6. The fourth-order valence-electron chi connectivity index (χ4n) is 2.21. The molecule has 0 heterocycles. The van der Waals surface area contributed by atoms with E-state index in [4.69, 9.17) is 10.00 Å². The van der Waals surface area contributed by atoms with E-state index >= 15 is 0 Å². The van der Waals surface area contributed by atoms with Gasteiger partial charge in [-0.1, -0.05) is 30.3 Å². The molecule has 0 amide bonds. The third kappa shape index (κ3) is 6.09. The Hall–Kier alpha value is -2.38. The molecule has 0 aliphatic rings. The number of benzene rings is 2. The van der Waals surface area contributed by atoms with Crippen LogP contribution in [0, 0.1) is 17.1 Å². The van der Waals surface area contributed by atoms with E-state index in [0.717, 1.165) is 37.2 Å². The second-order valence-corrected chi connectivity index (χ2v) is 5.32. The van der Waals surface area contributed by atoms with Crippen molar-refractivity contribution in [3.05, 3.63) is 65.5 Å². The van der Waals surface area contributed by atoms with E-state index in [1.807, 2.05) is 24.3 Å². The van der Waals surface area contributed by atoms with Gasteiger partial charge >= 0.3 is 0 Å². The molecular weight excluding hydrogens is 291 g/mol. The standard InChI is InChI=1S/C19H21FN2O/c20-19-10-3-2-8-17(19)15-23-18-9-6-7-16(13-18)14-22-12-5-1-4-11-21/h2-3,6-10,13,22H,1,4-5,12,14-15H2. The van der Waals surface area contributed by atoms with Gasteiger partial charge in [-0.05, 0) is 43.1 Å². The van der Waals surface area contributed by atoms with Gasteiger partial charge in [-0.25, -0.2) is 4.39 Å². The number of halogens is 1. The van der Waals surface area contributed by atoms with Crippen LogP contribution in [0.25, 0.3) is 0 Å². The van der Waals surface area contributed by atoms with Gasteiger partial charge < -0.3 is 10.1 Å². The Morgan fingerprint density at radius 1 is 1.09 bits per heavy atom. The first kappa shape index (κ1) is 17.0. The summed E-state index contributed by atoms with van der Waals surface area (Å²) in [6.07, 6.45) is 2.54. The molecule has 4 heteroatoms. The number of nitrogens with zero attached hydrogens (tertiary/aromatic N) is 1. The molecule has 0 radical (unpaired) electrons. The van der Waals surface area contributed by atoms with Crippen LogP contribution in [0.5, 0.6) is 5.75 Å². The highest BCUT2D eigenvalue weighted by molar-refractivity contribution is 5.29. The van der Waals surface area contributed by atoms with Gasteiger partial charge in [-0.15, -0.1) is 0 Å². The minimum Gasteiger partial charge on any atom is -0.489 e. The zero-order valence-electron chi connectivity index (χ0n) is 13.1. The summed E-state index contributed by atoms with van der Waals surface area (Å²) in [4.78, 5) is 0. The number of rotatable bonds is 9. The van der Waals surface area contributed by atoms with Gasteiger partial charge in [0.1, 0.15) is 18.2 Å². The van der Waals surface area contributed by atoms with E-state index in [9.17, 15) is 4.39 Å². The van der Waals surface area contributed by atoms with E-state index in [1.54, 1.807) is 18.2 Å². The van der Waals surface area contributed by atoms with E-state index < -0.39 is 0 Å². The Labute approximate surface area is 136 Å². The molecule has 0 aliphatic heterocycles. The second kappa shape index (κ2) is 9.60. The van der Waals surface area contributed by atoms with Crippen molar-refractivity contribution in [2.75, 3.05) is 6.54 Å². The maximum Gasteiger partial charge on any atom is 0.129 e. The summed E-state index contributed by atoms with van der Waals surface area (Å²) in [5.41, 5.74) is 1.67. The number of unbranched alkanes of at least 4 members (excludes halogenated alkanes) is 2. The van der Waals surface area contributed by atoms with Crippen LogP contribution in [0.4, 0.5) is 4.39 Å². The van der Waals surface area contributed by atoms with Crippen molar-refractivity contribution in [1.29, 1.82) is 5.26 Å². The quantitative estimate of drug-likeness (QED) is 0.706. The number of hydrogen-bond acceptors (Lipinski definition) is 3. The molecule has 1 N–H and O–H groups in total. The van der Waals surface area contributed by atoms with Crippen molar-refractivity contribution in [2.45, 2.75) is 32.4 Å². The zero-order chi connectivity index (χ0) is 16.3. The van der Waals surface area contributed by atoms with Gasteiger partial charge in [0.2, 0.25) is 0 Å². The summed E-state index contributed by atoms with van der Waals surface area (Å²) < 4.78 is 19.2. The lowest BCUT2D eigenvalue weighted by atomic mass is 10.2. The first-order valence-electron chi connectivity index (χ1n) is 7.82. The molecule has 0 spiro atoms. The Bertz CT molecular complexity index is 652. The van der Waals surface area contributed by atoms with Crippen LogP contribution in [-0.2, 0) is 13.2 Å². The zero-order valence-corrected chi connectivity index (χ0v) is 13.1. The summed E-state index contributed by atoms with van der Waals surface area (Å²) in [5, 5.41) is 11.8. The first-order valence-corrected chi connectivity index (χ1v) is 7.82. The molecule has 120 valence electrons. The third-order valence-corrected chi connectivity index (χ3v) is 3.47. The SMILES string of the molecule is N#CCCCCNCc1cccc(OCc2ccccc2F)c1. The highest BCUT2D eigenvalue weighted by atomic mass is 19.1. The van der Waals surface area contributed by atoms with E-state index in [-0.39, 0.29) is 12.4 Å². The average Bonchev–Trinajstić information content (AvgIpc) is 2.58. The Morgan fingerprint density at radius 3 is 2.78 bits per heavy atom. The molecular formula is C19H21FN2O. The molecule has 2 aromatic rings. The lowest BCUT2D eigenvalue weighted by Gasteiger charge is -2.09. The highest BCUT2D eigenvalue weighted by Gasteiger charge is 2.02. The topological polar surface area (TPSA) is 45.0 Å². The third-order valence-electron chi connectivity index (χ3n) is 3.47. The van der Waals surface area contributed by atoms with Crippen LogP contribution in [0.2, 0.25) is 0 Å².